The van der Waals surface area contributed by atoms with Crippen molar-refractivity contribution in [1.29, 1.82) is 0 Å². The number of carbonyl (C=O) groups is 7. The second-order valence-electron chi connectivity index (χ2n) is 32.4. The summed E-state index contributed by atoms with van der Waals surface area (Å²) in [7, 11) is -7.41. The van der Waals surface area contributed by atoms with Gasteiger partial charge in [-0.15, -0.1) is 0 Å². The number of anilines is 5. The molecule has 32 heteroatoms. The van der Waals surface area contributed by atoms with Crippen molar-refractivity contribution in [1.82, 2.24) is 58.3 Å². The van der Waals surface area contributed by atoms with Gasteiger partial charge in [-0.3, -0.25) is 58.6 Å². The van der Waals surface area contributed by atoms with Crippen LogP contribution < -0.4 is 41.1 Å². The molecule has 8 saturated heterocycles. The second-order valence-corrected chi connectivity index (χ2v) is 36.3. The van der Waals surface area contributed by atoms with E-state index in [1.807, 2.05) is 67.8 Å². The lowest BCUT2D eigenvalue weighted by Gasteiger charge is -2.49. The number of fused-ring (bicyclic) bond motifs is 3. The zero-order valence-corrected chi connectivity index (χ0v) is 64.6. The minimum atomic E-state index is -3.72. The Kier molecular flexibility index (Phi) is 20.7. The lowest BCUT2D eigenvalue weighted by atomic mass is 9.98. The molecule has 0 radical (unpaired) electrons. The average Bonchev–Trinajstić information content (AvgIpc) is 1.64. The second kappa shape index (κ2) is 30.5. The number of carbonyl (C=O) groups excluding carboxylic acids is 6. The van der Waals surface area contributed by atoms with Crippen LogP contribution >= 0.6 is 0 Å². The van der Waals surface area contributed by atoms with Crippen LogP contribution in [0.5, 0.6) is 0 Å². The zero-order valence-electron chi connectivity index (χ0n) is 63.0. The van der Waals surface area contributed by atoms with E-state index in [1.54, 1.807) is 62.8 Å². The monoisotopic (exact) mass is 1560 g/mol. The molecule has 0 spiro atoms. The minimum Gasteiger partial charge on any atom is -0.465 e. The van der Waals surface area contributed by atoms with Gasteiger partial charge in [-0.1, -0.05) is 25.0 Å². The Balaban J connectivity index is 0.000000171. The van der Waals surface area contributed by atoms with E-state index in [4.69, 9.17) is 4.98 Å². The molecule has 0 bridgehead atoms. The molecule has 2 atom stereocenters. The number of rotatable bonds is 16. The summed E-state index contributed by atoms with van der Waals surface area (Å²) < 4.78 is 60.0. The van der Waals surface area contributed by atoms with E-state index in [1.165, 1.54) is 9.21 Å². The fourth-order valence-corrected chi connectivity index (χ4v) is 21.4. The van der Waals surface area contributed by atoms with Crippen LogP contribution in [-0.2, 0) is 52.3 Å². The first-order chi connectivity index (χ1) is 53.3. The summed E-state index contributed by atoms with van der Waals surface area (Å²) >= 11 is 0. The SMILES string of the molecule is CC(C)(C)N(C(=O)O)C1CCN(S(=O)(=O)c2cccc(N3CC(N4CCN(c5ccc6c(c5)CN(C5CCC(=O)NC5=O)C6=O)CC4)C3)c2)CC1.O=C1CCC(N2Cc3cc(N4CCN(C5CN(c6cccc(S(=O)(=O)N7CCC(Nc8ncc9ccc(=O)n(C%10CCCC%10)c9n8)CC7)c6)C5)CC4)ccc3C2=O)C(=O)N1. The number of imide groups is 2. The van der Waals surface area contributed by atoms with Gasteiger partial charge >= 0.3 is 6.09 Å². The Labute approximate surface area is 645 Å². The van der Waals surface area contributed by atoms with E-state index in [-0.39, 0.29) is 78.1 Å². The molecular weight excluding hydrogens is 1460 g/mol. The van der Waals surface area contributed by atoms with Crippen LogP contribution in [0, 0.1) is 0 Å². The Morgan fingerprint density at radius 2 is 0.982 bits per heavy atom. The van der Waals surface area contributed by atoms with Crippen LogP contribution in [0.3, 0.4) is 0 Å². The quantitative estimate of drug-likeness (QED) is 0.0889. The van der Waals surface area contributed by atoms with Crippen molar-refractivity contribution >= 4 is 101 Å². The fourth-order valence-electron chi connectivity index (χ4n) is 18.4. The molecule has 11 aliphatic rings. The highest BCUT2D eigenvalue weighted by Gasteiger charge is 2.45. The minimum absolute atomic E-state index is 0.00684. The van der Waals surface area contributed by atoms with Gasteiger partial charge in [0.1, 0.15) is 17.7 Å². The van der Waals surface area contributed by atoms with E-state index >= 15 is 0 Å². The van der Waals surface area contributed by atoms with Gasteiger partial charge in [-0.25, -0.2) is 26.6 Å². The van der Waals surface area contributed by atoms with E-state index in [2.05, 4.69) is 62.5 Å². The molecule has 4 N–H and O–H groups in total. The van der Waals surface area contributed by atoms with Crippen molar-refractivity contribution in [3.05, 3.63) is 136 Å². The van der Waals surface area contributed by atoms with Gasteiger partial charge in [0.2, 0.25) is 49.6 Å². The van der Waals surface area contributed by atoms with Crippen molar-refractivity contribution < 1.29 is 55.5 Å². The largest absolute Gasteiger partial charge is 0.465 e. The van der Waals surface area contributed by atoms with Crippen LogP contribution in [-0.4, -0.2) is 258 Å². The number of benzene rings is 4. The lowest BCUT2D eigenvalue weighted by Crippen LogP contribution is -2.63. The van der Waals surface area contributed by atoms with E-state index < -0.39 is 55.6 Å². The normalized spacial score (nSPS) is 22.8. The number of amides is 7. The third kappa shape index (κ3) is 15.1. The zero-order chi connectivity index (χ0) is 77.4. The van der Waals surface area contributed by atoms with Crippen LogP contribution in [0.15, 0.2) is 118 Å². The van der Waals surface area contributed by atoms with Crippen molar-refractivity contribution in [3.63, 3.8) is 0 Å². The highest BCUT2D eigenvalue weighted by Crippen LogP contribution is 2.38. The van der Waals surface area contributed by atoms with E-state index in [9.17, 15) is 60.3 Å². The number of piperidine rings is 4. The Hall–Kier alpha value is -9.60. The number of piperazine rings is 2. The molecule has 2 unspecified atom stereocenters. The van der Waals surface area contributed by atoms with Crippen molar-refractivity contribution in [2.75, 3.05) is 130 Å². The van der Waals surface area contributed by atoms with Crippen molar-refractivity contribution in [2.45, 2.75) is 169 Å². The first-order valence-corrected chi connectivity index (χ1v) is 42.1. The number of nitrogens with zero attached hydrogens (tertiary/aromatic N) is 14. The third-order valence-corrected chi connectivity index (χ3v) is 28.4. The maximum Gasteiger partial charge on any atom is 0.407 e. The van der Waals surface area contributed by atoms with Gasteiger partial charge in [0.05, 0.1) is 9.79 Å². The number of hydrogen-bond acceptors (Lipinski definition) is 21. The molecule has 9 fully saturated rings. The van der Waals surface area contributed by atoms with Crippen molar-refractivity contribution in [3.8, 4) is 0 Å². The van der Waals surface area contributed by atoms with Gasteiger partial charge in [0, 0.05) is 218 Å². The van der Waals surface area contributed by atoms with Crippen LogP contribution in [0.25, 0.3) is 11.0 Å². The predicted octanol–water partition coefficient (Wildman–Crippen LogP) is 5.33. The van der Waals surface area contributed by atoms with Gasteiger partial charge in [0.15, 0.2) is 0 Å². The maximum absolute atomic E-state index is 13.9. The maximum atomic E-state index is 13.9. The van der Waals surface area contributed by atoms with Crippen LogP contribution in [0.2, 0.25) is 0 Å². The average molecular weight is 1560 g/mol. The summed E-state index contributed by atoms with van der Waals surface area (Å²) in [6.07, 6.45) is 8.23. The highest BCUT2D eigenvalue weighted by atomic mass is 32.2. The summed E-state index contributed by atoms with van der Waals surface area (Å²) in [6, 6.07) is 29.1. The number of hydrogen-bond donors (Lipinski definition) is 4. The van der Waals surface area contributed by atoms with Gasteiger partial charge in [-0.2, -0.15) is 13.6 Å². The summed E-state index contributed by atoms with van der Waals surface area (Å²) in [5.74, 6) is -1.27. The molecule has 1 saturated carbocycles. The molecule has 111 heavy (non-hydrogen) atoms. The first kappa shape index (κ1) is 75.4. The molecule has 4 aromatic carbocycles. The van der Waals surface area contributed by atoms with Crippen LogP contribution in [0.1, 0.15) is 136 Å². The third-order valence-electron chi connectivity index (χ3n) is 24.6. The summed E-state index contributed by atoms with van der Waals surface area (Å²) in [6.45, 7) is 17.8. The van der Waals surface area contributed by atoms with Crippen molar-refractivity contribution in [2.24, 2.45) is 0 Å². The first-order valence-electron chi connectivity index (χ1n) is 39.2. The Morgan fingerprint density at radius 3 is 1.43 bits per heavy atom. The number of pyridine rings is 1. The number of sulfonamides is 2. The molecule has 1 aliphatic carbocycles. The number of aromatic nitrogens is 3. The molecule has 10 aliphatic heterocycles. The molecule has 6 aromatic rings. The molecule has 7 amide bonds. The molecule has 12 heterocycles. The Bertz CT molecular complexity index is 4950. The smallest absolute Gasteiger partial charge is 0.407 e. The predicted molar refractivity (Wildman–Crippen MR) is 416 cm³/mol. The fraction of sp³-hybridized carbons (Fsp3) is 0.519. The van der Waals surface area contributed by atoms with E-state index in [0.29, 0.717) is 104 Å². The molecule has 17 rings (SSSR count). The highest BCUT2D eigenvalue weighted by molar-refractivity contribution is 7.89. The molecule has 30 nitrogen and oxygen atoms in total. The topological polar surface area (TPSA) is 328 Å². The number of nitrogens with one attached hydrogen (secondary N) is 3. The molecule has 2 aromatic heterocycles. The van der Waals surface area contributed by atoms with Gasteiger partial charge < -0.3 is 44.7 Å². The standard InChI is InChI=1S/C43H50N10O6S.C36H47N7O7S/c54-38-12-11-37(41(56)46-38)52-25-29-22-33(9-10-36(29)42(52)57)48-18-20-49(21-19-48)34-26-50(27-34)32-6-3-7-35(23-32)60(58,59)51-16-14-30(15-17-51)45-43-44-24-28-8-13-39(55)53(40(28)47-43)31-4-1-2-5-31;1-36(2,3)43(35(47)48)25-11-13-41(14-12-25)51(49,50)29-6-4-5-26(20-29)40-22-28(23-40)39-17-15-38(16-18-39)27-7-8-30-24(19-27)21-42(34(30)46)31-9-10-32(44)37-33(31)45/h3,6-10,13,22-24,30-31,34,37H,1-2,4-5,11-12,14-21,25-27H2,(H,44,45,47)(H,46,54,56);4-8,19-20,25,28,31H,9-18,21-23H2,1-3H3,(H,47,48)(H,37,44,45). The van der Waals surface area contributed by atoms with E-state index in [0.717, 1.165) is 143 Å². The summed E-state index contributed by atoms with van der Waals surface area (Å²) in [4.78, 5) is 128. The molecule has 588 valence electrons. The van der Waals surface area contributed by atoms with Gasteiger partial charge in [0.25, 0.3) is 17.4 Å². The lowest BCUT2D eigenvalue weighted by molar-refractivity contribution is -0.138. The van der Waals surface area contributed by atoms with Crippen LogP contribution in [0.4, 0.5) is 33.5 Å². The summed E-state index contributed by atoms with van der Waals surface area (Å²) in [5.41, 5.74) is 6.99. The number of carboxylic acid groups (broad SMARTS) is 1. The summed E-state index contributed by atoms with van der Waals surface area (Å²) in [5, 5.41) is 18.8. The Morgan fingerprint density at radius 1 is 0.523 bits per heavy atom. The van der Waals surface area contributed by atoms with Gasteiger partial charge in [-0.05, 0) is 162 Å². The molecular formula is C79H97N17O13S2.